The molecule has 0 N–H and O–H groups in total. The minimum Gasteiger partial charge on any atom is -0.496 e. The Labute approximate surface area is 185 Å². The first-order chi connectivity index (χ1) is 15.3. The van der Waals surface area contributed by atoms with E-state index in [1.807, 2.05) is 64.8 Å². The second-order valence-electron chi connectivity index (χ2n) is 6.69. The predicted molar refractivity (Wildman–Crippen MR) is 128 cm³/mol. The number of methoxy groups -OCH3 is 2. The van der Waals surface area contributed by atoms with Gasteiger partial charge in [-0.25, -0.2) is 4.68 Å². The summed E-state index contributed by atoms with van der Waals surface area (Å²) in [5, 5.41) is 9.08. The maximum Gasteiger partial charge on any atom is 0.206 e. The van der Waals surface area contributed by atoms with Crippen molar-refractivity contribution in [2.75, 3.05) is 20.8 Å². The molecule has 0 saturated carbocycles. The highest BCUT2D eigenvalue weighted by molar-refractivity contribution is 7.07. The van der Waals surface area contributed by atoms with Gasteiger partial charge < -0.3 is 9.47 Å². The standard InChI is InChI=1S/C25H23N3O2S/c1-4-15-26-25-28(22(17-31-25)20-11-7-8-12-23(20)29-2)27-16-21-19-10-6-5-9-18(19)13-14-24(21)30-3/h4-14,16-17H,1,15H2,2-3H3. The van der Waals surface area contributed by atoms with Gasteiger partial charge in [-0.15, -0.1) is 17.9 Å². The fourth-order valence-electron chi connectivity index (χ4n) is 3.41. The summed E-state index contributed by atoms with van der Waals surface area (Å²) in [7, 11) is 3.34. The highest BCUT2D eigenvalue weighted by atomic mass is 32.1. The van der Waals surface area contributed by atoms with Crippen molar-refractivity contribution < 1.29 is 9.47 Å². The van der Waals surface area contributed by atoms with Crippen LogP contribution < -0.4 is 14.3 Å². The Morgan fingerprint density at radius 2 is 1.74 bits per heavy atom. The lowest BCUT2D eigenvalue weighted by molar-refractivity contribution is 0.414. The fourth-order valence-corrected chi connectivity index (χ4v) is 4.24. The number of ether oxygens (including phenoxy) is 2. The van der Waals surface area contributed by atoms with E-state index in [9.17, 15) is 0 Å². The predicted octanol–water partition coefficient (Wildman–Crippen LogP) is 5.36. The van der Waals surface area contributed by atoms with E-state index >= 15 is 0 Å². The minimum absolute atomic E-state index is 0.513. The molecular formula is C25H23N3O2S. The van der Waals surface area contributed by atoms with Gasteiger partial charge in [-0.3, -0.25) is 4.99 Å². The largest absolute Gasteiger partial charge is 0.496 e. The zero-order valence-electron chi connectivity index (χ0n) is 17.5. The van der Waals surface area contributed by atoms with Gasteiger partial charge in [0, 0.05) is 16.5 Å². The van der Waals surface area contributed by atoms with Crippen LogP contribution in [0.5, 0.6) is 11.5 Å². The lowest BCUT2D eigenvalue weighted by Gasteiger charge is -2.10. The van der Waals surface area contributed by atoms with Crippen molar-refractivity contribution in [2.24, 2.45) is 10.1 Å². The molecule has 1 aromatic heterocycles. The third-order valence-corrected chi connectivity index (χ3v) is 5.73. The van der Waals surface area contributed by atoms with Crippen LogP contribution >= 0.6 is 11.3 Å². The molecule has 156 valence electrons. The monoisotopic (exact) mass is 429 g/mol. The molecule has 5 nitrogen and oxygen atoms in total. The molecular weight excluding hydrogens is 406 g/mol. The molecule has 0 atom stereocenters. The molecule has 0 bridgehead atoms. The van der Waals surface area contributed by atoms with Gasteiger partial charge in [0.05, 0.1) is 32.7 Å². The second-order valence-corrected chi connectivity index (χ2v) is 7.53. The van der Waals surface area contributed by atoms with E-state index in [1.165, 1.54) is 11.3 Å². The normalized spacial score (nSPS) is 11.9. The van der Waals surface area contributed by atoms with Crippen LogP contribution in [0.3, 0.4) is 0 Å². The summed E-state index contributed by atoms with van der Waals surface area (Å²) in [4.78, 5) is 5.40. The maximum absolute atomic E-state index is 5.62. The molecule has 0 radical (unpaired) electrons. The molecule has 0 aliphatic heterocycles. The number of benzene rings is 3. The average Bonchev–Trinajstić information content (AvgIpc) is 3.23. The van der Waals surface area contributed by atoms with Gasteiger partial charge in [0.25, 0.3) is 0 Å². The molecule has 0 aliphatic rings. The van der Waals surface area contributed by atoms with E-state index in [0.717, 1.165) is 43.9 Å². The first kappa shape index (κ1) is 20.6. The van der Waals surface area contributed by atoms with Crippen molar-refractivity contribution in [1.29, 1.82) is 0 Å². The van der Waals surface area contributed by atoms with E-state index < -0.39 is 0 Å². The van der Waals surface area contributed by atoms with Crippen molar-refractivity contribution in [2.45, 2.75) is 0 Å². The Morgan fingerprint density at radius 1 is 0.968 bits per heavy atom. The summed E-state index contributed by atoms with van der Waals surface area (Å²) >= 11 is 1.53. The van der Waals surface area contributed by atoms with Crippen LogP contribution in [0, 0.1) is 0 Å². The van der Waals surface area contributed by atoms with Gasteiger partial charge in [0.15, 0.2) is 0 Å². The fraction of sp³-hybridized carbons (Fsp3) is 0.120. The smallest absolute Gasteiger partial charge is 0.206 e. The van der Waals surface area contributed by atoms with Crippen LogP contribution in [-0.2, 0) is 0 Å². The van der Waals surface area contributed by atoms with Crippen molar-refractivity contribution in [3.8, 4) is 22.8 Å². The molecule has 0 aliphatic carbocycles. The Balaban J connectivity index is 1.91. The summed E-state index contributed by atoms with van der Waals surface area (Å²) < 4.78 is 13.0. The van der Waals surface area contributed by atoms with Gasteiger partial charge in [0.2, 0.25) is 4.80 Å². The van der Waals surface area contributed by atoms with Crippen molar-refractivity contribution in [3.05, 3.63) is 89.1 Å². The molecule has 0 fully saturated rings. The number of rotatable bonds is 7. The Kier molecular flexibility index (Phi) is 6.29. The molecule has 0 saturated heterocycles. The first-order valence-corrected chi connectivity index (χ1v) is 10.7. The summed E-state index contributed by atoms with van der Waals surface area (Å²) in [5.41, 5.74) is 2.77. The number of aromatic nitrogens is 1. The van der Waals surface area contributed by atoms with Gasteiger partial charge in [-0.2, -0.15) is 5.10 Å². The van der Waals surface area contributed by atoms with Gasteiger partial charge in [-0.1, -0.05) is 48.5 Å². The zero-order chi connectivity index (χ0) is 21.6. The van der Waals surface area contributed by atoms with Crippen LogP contribution in [0.1, 0.15) is 5.56 Å². The van der Waals surface area contributed by atoms with E-state index in [-0.39, 0.29) is 0 Å². The van der Waals surface area contributed by atoms with Gasteiger partial charge in [0.1, 0.15) is 11.5 Å². The molecule has 0 unspecified atom stereocenters. The van der Waals surface area contributed by atoms with Crippen molar-refractivity contribution in [3.63, 3.8) is 0 Å². The lowest BCUT2D eigenvalue weighted by atomic mass is 10.0. The van der Waals surface area contributed by atoms with Crippen LogP contribution in [0.2, 0.25) is 0 Å². The van der Waals surface area contributed by atoms with Crippen LogP contribution in [-0.4, -0.2) is 31.7 Å². The Hall–Kier alpha value is -3.64. The SMILES string of the molecule is C=CCN=c1scc(-c2ccccc2OC)n1N=Cc1c(OC)ccc2ccccc12. The molecule has 1 heterocycles. The van der Waals surface area contributed by atoms with Crippen LogP contribution in [0.15, 0.2) is 88.8 Å². The van der Waals surface area contributed by atoms with Crippen molar-refractivity contribution in [1.82, 2.24) is 4.68 Å². The first-order valence-electron chi connectivity index (χ1n) is 9.82. The van der Waals surface area contributed by atoms with E-state index in [1.54, 1.807) is 20.3 Å². The summed E-state index contributed by atoms with van der Waals surface area (Å²) in [5.74, 6) is 1.55. The molecule has 6 heteroatoms. The van der Waals surface area contributed by atoms with Gasteiger partial charge in [-0.05, 0) is 29.0 Å². The topological polar surface area (TPSA) is 48.1 Å². The lowest BCUT2D eigenvalue weighted by Crippen LogP contribution is -2.13. The zero-order valence-corrected chi connectivity index (χ0v) is 18.3. The number of fused-ring (bicyclic) bond motifs is 1. The maximum atomic E-state index is 5.62. The summed E-state index contributed by atoms with van der Waals surface area (Å²) in [6.45, 7) is 4.29. The van der Waals surface area contributed by atoms with Crippen molar-refractivity contribution >= 4 is 28.3 Å². The van der Waals surface area contributed by atoms with E-state index in [0.29, 0.717) is 6.54 Å². The minimum atomic E-state index is 0.513. The Morgan fingerprint density at radius 3 is 2.55 bits per heavy atom. The number of para-hydroxylation sites is 1. The molecule has 4 aromatic rings. The van der Waals surface area contributed by atoms with E-state index in [4.69, 9.17) is 14.6 Å². The molecule has 4 rings (SSSR count). The molecule has 3 aromatic carbocycles. The highest BCUT2D eigenvalue weighted by Crippen LogP contribution is 2.30. The summed E-state index contributed by atoms with van der Waals surface area (Å²) in [6, 6.07) is 20.1. The van der Waals surface area contributed by atoms with E-state index in [2.05, 4.69) is 23.7 Å². The number of hydrogen-bond donors (Lipinski definition) is 0. The second kappa shape index (κ2) is 9.45. The molecule has 0 spiro atoms. The van der Waals surface area contributed by atoms with Crippen LogP contribution in [0.4, 0.5) is 0 Å². The Bertz CT molecular complexity index is 1320. The molecule has 31 heavy (non-hydrogen) atoms. The van der Waals surface area contributed by atoms with Crippen LogP contribution in [0.25, 0.3) is 22.0 Å². The molecule has 0 amide bonds. The quantitative estimate of drug-likeness (QED) is 0.293. The summed E-state index contributed by atoms with van der Waals surface area (Å²) in [6.07, 6.45) is 3.60. The number of nitrogens with zero attached hydrogens (tertiary/aromatic N) is 3. The third-order valence-electron chi connectivity index (χ3n) is 4.88. The van der Waals surface area contributed by atoms with Gasteiger partial charge >= 0.3 is 0 Å². The third kappa shape index (κ3) is 4.15. The number of thiazole rings is 1. The number of hydrogen-bond acceptors (Lipinski definition) is 5. The highest BCUT2D eigenvalue weighted by Gasteiger charge is 2.13. The average molecular weight is 430 g/mol.